The molecule has 2 atom stereocenters. The van der Waals surface area contributed by atoms with Gasteiger partial charge < -0.3 is 0 Å². The summed E-state index contributed by atoms with van der Waals surface area (Å²) in [4.78, 5) is 0. The van der Waals surface area contributed by atoms with E-state index < -0.39 is 0 Å². The summed E-state index contributed by atoms with van der Waals surface area (Å²) in [6, 6.07) is 0. The summed E-state index contributed by atoms with van der Waals surface area (Å²) in [5, 5.41) is 0. The molecule has 0 nitrogen and oxygen atoms in total. The average molecular weight is 281 g/mol. The van der Waals surface area contributed by atoms with E-state index in [9.17, 15) is 0 Å². The molecule has 1 fully saturated rings. The van der Waals surface area contributed by atoms with Crippen molar-refractivity contribution in [2.24, 2.45) is 17.3 Å². The van der Waals surface area contributed by atoms with Gasteiger partial charge in [0.2, 0.25) is 0 Å². The molecule has 0 aliphatic heterocycles. The van der Waals surface area contributed by atoms with E-state index in [-0.39, 0.29) is 0 Å². The fraction of sp³-hybridized carbons (Fsp3) is 1.00. The third kappa shape index (κ3) is 9.03. The highest BCUT2D eigenvalue weighted by Gasteiger charge is 2.18. The van der Waals surface area contributed by atoms with Crippen molar-refractivity contribution in [3.8, 4) is 0 Å². The Labute approximate surface area is 129 Å². The molecule has 0 aromatic heterocycles. The summed E-state index contributed by atoms with van der Waals surface area (Å²) in [6.07, 6.45) is 19.0. The van der Waals surface area contributed by atoms with E-state index in [2.05, 4.69) is 27.7 Å². The molecule has 0 aromatic rings. The molecular formula is C20H40. The summed E-state index contributed by atoms with van der Waals surface area (Å²) in [5.41, 5.74) is 0.578. The van der Waals surface area contributed by atoms with Crippen LogP contribution in [0.1, 0.15) is 111 Å². The lowest BCUT2D eigenvalue weighted by Gasteiger charge is -2.26. The van der Waals surface area contributed by atoms with Gasteiger partial charge >= 0.3 is 0 Å². The molecule has 1 saturated carbocycles. The molecule has 0 heterocycles. The second kappa shape index (κ2) is 9.85. The van der Waals surface area contributed by atoms with Gasteiger partial charge in [-0.1, -0.05) is 98.3 Å². The normalized spacial score (nSPS) is 31.8. The summed E-state index contributed by atoms with van der Waals surface area (Å²) in [5.74, 6) is 1.91. The molecule has 0 radical (unpaired) electrons. The maximum Gasteiger partial charge on any atom is -0.0354 e. The average Bonchev–Trinajstić information content (AvgIpc) is 2.39. The van der Waals surface area contributed by atoms with Crippen molar-refractivity contribution in [1.82, 2.24) is 0 Å². The fourth-order valence-corrected chi connectivity index (χ4v) is 3.66. The molecule has 0 aromatic carbocycles. The molecule has 1 aliphatic rings. The van der Waals surface area contributed by atoms with E-state index in [0.717, 1.165) is 11.8 Å². The Kier molecular flexibility index (Phi) is 8.89. The smallest absolute Gasteiger partial charge is 0.0354 e. The summed E-state index contributed by atoms with van der Waals surface area (Å²) < 4.78 is 0. The molecule has 120 valence electrons. The van der Waals surface area contributed by atoms with Gasteiger partial charge in [0.05, 0.1) is 0 Å². The minimum absolute atomic E-state index is 0.578. The van der Waals surface area contributed by atoms with Crippen LogP contribution < -0.4 is 0 Å². The van der Waals surface area contributed by atoms with Crippen LogP contribution in [0.3, 0.4) is 0 Å². The van der Waals surface area contributed by atoms with Crippen LogP contribution in [-0.2, 0) is 0 Å². The summed E-state index contributed by atoms with van der Waals surface area (Å²) in [6.45, 7) is 9.93. The quantitative estimate of drug-likeness (QED) is 0.434. The number of hydrogen-bond acceptors (Lipinski definition) is 0. The Bertz CT molecular complexity index is 228. The topological polar surface area (TPSA) is 0 Å². The van der Waals surface area contributed by atoms with Gasteiger partial charge in [-0.15, -0.1) is 0 Å². The summed E-state index contributed by atoms with van der Waals surface area (Å²) >= 11 is 0. The van der Waals surface area contributed by atoms with Crippen LogP contribution >= 0.6 is 0 Å². The molecule has 0 saturated heterocycles. The minimum atomic E-state index is 0.578. The zero-order chi connectivity index (χ0) is 14.8. The monoisotopic (exact) mass is 280 g/mol. The van der Waals surface area contributed by atoms with Crippen LogP contribution in [0.15, 0.2) is 0 Å². The molecule has 20 heavy (non-hydrogen) atoms. The maximum absolute atomic E-state index is 2.49. The Hall–Kier alpha value is 0. The van der Waals surface area contributed by atoms with E-state index >= 15 is 0 Å². The van der Waals surface area contributed by atoms with Crippen LogP contribution in [0.5, 0.6) is 0 Å². The van der Waals surface area contributed by atoms with E-state index in [4.69, 9.17) is 0 Å². The lowest BCUT2D eigenvalue weighted by atomic mass is 9.79. The van der Waals surface area contributed by atoms with Crippen molar-refractivity contribution >= 4 is 0 Å². The predicted molar refractivity (Wildman–Crippen MR) is 92.1 cm³/mol. The molecule has 0 spiro atoms. The van der Waals surface area contributed by atoms with E-state index in [1.54, 1.807) is 0 Å². The van der Waals surface area contributed by atoms with Gasteiger partial charge in [0.1, 0.15) is 0 Å². The summed E-state index contributed by atoms with van der Waals surface area (Å²) in [7, 11) is 0. The zero-order valence-corrected chi connectivity index (χ0v) is 14.8. The fourth-order valence-electron chi connectivity index (χ4n) is 3.66. The lowest BCUT2D eigenvalue weighted by Crippen LogP contribution is -2.13. The van der Waals surface area contributed by atoms with E-state index in [1.807, 2.05) is 0 Å². The first kappa shape index (κ1) is 18.1. The first-order valence-corrected chi connectivity index (χ1v) is 9.49. The second-order valence-electron chi connectivity index (χ2n) is 8.50. The first-order valence-electron chi connectivity index (χ1n) is 9.49. The van der Waals surface area contributed by atoms with Crippen LogP contribution in [-0.4, -0.2) is 0 Å². The van der Waals surface area contributed by atoms with Crippen LogP contribution in [0, 0.1) is 17.3 Å². The molecule has 1 rings (SSSR count). The molecular weight excluding hydrogens is 240 g/mol. The van der Waals surface area contributed by atoms with E-state index in [0.29, 0.717) is 5.41 Å². The van der Waals surface area contributed by atoms with Gasteiger partial charge in [0.15, 0.2) is 0 Å². The number of rotatable bonds is 0. The van der Waals surface area contributed by atoms with Gasteiger partial charge in [0.25, 0.3) is 0 Å². The molecule has 0 heteroatoms. The Morgan fingerprint density at radius 2 is 1.00 bits per heavy atom. The predicted octanol–water partition coefficient (Wildman–Crippen LogP) is 7.37. The van der Waals surface area contributed by atoms with Crippen molar-refractivity contribution in [3.63, 3.8) is 0 Å². The molecule has 0 N–H and O–H groups in total. The molecule has 1 aliphatic carbocycles. The van der Waals surface area contributed by atoms with Crippen molar-refractivity contribution in [3.05, 3.63) is 0 Å². The van der Waals surface area contributed by atoms with Gasteiger partial charge in [-0.3, -0.25) is 0 Å². The standard InChI is InChI=1S/C20H40/c1-18-12-8-6-5-7-9-13-19(2)15-17-20(3,4)16-11-10-14-18/h18-19H,5-17H2,1-4H3. The van der Waals surface area contributed by atoms with Gasteiger partial charge in [0, 0.05) is 0 Å². The van der Waals surface area contributed by atoms with Gasteiger partial charge in [-0.05, 0) is 30.1 Å². The second-order valence-corrected chi connectivity index (χ2v) is 8.50. The van der Waals surface area contributed by atoms with Crippen LogP contribution in [0.4, 0.5) is 0 Å². The van der Waals surface area contributed by atoms with Crippen molar-refractivity contribution < 1.29 is 0 Å². The highest BCUT2D eigenvalue weighted by molar-refractivity contribution is 4.71. The van der Waals surface area contributed by atoms with E-state index in [1.165, 1.54) is 83.5 Å². The van der Waals surface area contributed by atoms with Gasteiger partial charge in [-0.25, -0.2) is 0 Å². The minimum Gasteiger partial charge on any atom is -0.0625 e. The van der Waals surface area contributed by atoms with Crippen molar-refractivity contribution in [2.45, 2.75) is 111 Å². The number of hydrogen-bond donors (Lipinski definition) is 0. The zero-order valence-electron chi connectivity index (χ0n) is 14.8. The molecule has 0 amide bonds. The van der Waals surface area contributed by atoms with Crippen LogP contribution in [0.25, 0.3) is 0 Å². The Morgan fingerprint density at radius 1 is 0.550 bits per heavy atom. The van der Waals surface area contributed by atoms with Crippen molar-refractivity contribution in [2.75, 3.05) is 0 Å². The third-order valence-electron chi connectivity index (χ3n) is 5.51. The Balaban J connectivity index is 2.36. The molecule has 2 unspecified atom stereocenters. The Morgan fingerprint density at radius 3 is 1.60 bits per heavy atom. The van der Waals surface area contributed by atoms with Gasteiger partial charge in [-0.2, -0.15) is 0 Å². The molecule has 0 bridgehead atoms. The largest absolute Gasteiger partial charge is 0.0625 e. The maximum atomic E-state index is 2.49. The van der Waals surface area contributed by atoms with Crippen LogP contribution in [0.2, 0.25) is 0 Å². The first-order chi connectivity index (χ1) is 9.49. The third-order valence-corrected chi connectivity index (χ3v) is 5.51. The highest BCUT2D eigenvalue weighted by Crippen LogP contribution is 2.32. The lowest BCUT2D eigenvalue weighted by molar-refractivity contribution is 0.258. The SMILES string of the molecule is CC1CCCCCCCC(C)CCC(C)(C)CCCC1. The highest BCUT2D eigenvalue weighted by atomic mass is 14.2. The van der Waals surface area contributed by atoms with Crippen molar-refractivity contribution in [1.29, 1.82) is 0 Å².